The Morgan fingerprint density at radius 2 is 1.95 bits per heavy atom. The highest BCUT2D eigenvalue weighted by Gasteiger charge is 2.19. The van der Waals surface area contributed by atoms with E-state index in [-0.39, 0.29) is 18.2 Å². The van der Waals surface area contributed by atoms with Gasteiger partial charge in [0.1, 0.15) is 12.1 Å². The van der Waals surface area contributed by atoms with Crippen LogP contribution in [-0.2, 0) is 6.54 Å². The zero-order valence-corrected chi connectivity index (χ0v) is 13.4. The third kappa shape index (κ3) is 4.06. The van der Waals surface area contributed by atoms with Crippen molar-refractivity contribution in [2.24, 2.45) is 0 Å². The van der Waals surface area contributed by atoms with Crippen molar-refractivity contribution in [3.8, 4) is 11.5 Å². The Hall–Kier alpha value is -1.43. The first-order valence-corrected chi connectivity index (χ1v) is 7.33. The molecule has 0 amide bonds. The monoisotopic (exact) mass is 325 g/mol. The Labute approximate surface area is 136 Å². The predicted molar refractivity (Wildman–Crippen MR) is 86.5 cm³/mol. The summed E-state index contributed by atoms with van der Waals surface area (Å²) < 4.78 is 18.4. The molecular weight excluding hydrogens is 305 g/mol. The first kappa shape index (κ1) is 16.9. The molecule has 1 saturated heterocycles. The van der Waals surface area contributed by atoms with Crippen LogP contribution in [0.3, 0.4) is 0 Å². The lowest BCUT2D eigenvalue weighted by atomic mass is 10.1. The lowest BCUT2D eigenvalue weighted by molar-refractivity contribution is 0.190. The fraction of sp³-hybridized carbons (Fsp3) is 0.438. The maximum atomic E-state index is 12.9. The van der Waals surface area contributed by atoms with Crippen LogP contribution in [0.1, 0.15) is 18.5 Å². The molecule has 0 saturated carbocycles. The molecule has 6 heteroatoms. The molecular formula is C16H21ClFN3O. The quantitative estimate of drug-likeness (QED) is 0.938. The van der Waals surface area contributed by atoms with E-state index in [1.54, 1.807) is 18.4 Å². The number of halogens is 2. The maximum absolute atomic E-state index is 12.9. The molecule has 2 aromatic rings. The van der Waals surface area contributed by atoms with Gasteiger partial charge in [-0.2, -0.15) is 0 Å². The fourth-order valence-electron chi connectivity index (χ4n) is 2.74. The van der Waals surface area contributed by atoms with Crippen molar-refractivity contribution in [3.05, 3.63) is 42.0 Å². The summed E-state index contributed by atoms with van der Waals surface area (Å²) in [4.78, 5) is 6.83. The van der Waals surface area contributed by atoms with Crippen molar-refractivity contribution < 1.29 is 8.81 Å². The average molecular weight is 326 g/mol. The SMILES string of the molecule is CN(Cc1coc(-c2ccc(F)cc2)n1)C1CCNCC1.Cl. The first-order valence-electron chi connectivity index (χ1n) is 7.33. The van der Waals surface area contributed by atoms with E-state index >= 15 is 0 Å². The van der Waals surface area contributed by atoms with E-state index in [0.717, 1.165) is 30.9 Å². The van der Waals surface area contributed by atoms with Gasteiger partial charge in [0, 0.05) is 18.2 Å². The molecule has 120 valence electrons. The van der Waals surface area contributed by atoms with Gasteiger partial charge in [0.05, 0.1) is 5.69 Å². The molecule has 1 fully saturated rings. The van der Waals surface area contributed by atoms with Gasteiger partial charge in [0.25, 0.3) is 0 Å². The molecule has 1 aromatic carbocycles. The number of hydrogen-bond donors (Lipinski definition) is 1. The Morgan fingerprint density at radius 3 is 2.64 bits per heavy atom. The zero-order valence-electron chi connectivity index (χ0n) is 12.6. The molecule has 4 nitrogen and oxygen atoms in total. The van der Waals surface area contributed by atoms with Crippen molar-refractivity contribution in [2.45, 2.75) is 25.4 Å². The van der Waals surface area contributed by atoms with E-state index in [1.807, 2.05) is 0 Å². The summed E-state index contributed by atoms with van der Waals surface area (Å²) in [5, 5.41) is 3.37. The van der Waals surface area contributed by atoms with Crippen molar-refractivity contribution in [3.63, 3.8) is 0 Å². The highest BCUT2D eigenvalue weighted by atomic mass is 35.5. The van der Waals surface area contributed by atoms with Crippen molar-refractivity contribution >= 4 is 12.4 Å². The predicted octanol–water partition coefficient (Wildman–Crippen LogP) is 3.09. The van der Waals surface area contributed by atoms with Crippen LogP contribution in [0.25, 0.3) is 11.5 Å². The second-order valence-electron chi connectivity index (χ2n) is 5.55. The summed E-state index contributed by atoms with van der Waals surface area (Å²) in [6.45, 7) is 2.93. The Bertz CT molecular complexity index is 581. The molecule has 1 aromatic heterocycles. The molecule has 1 aliphatic heterocycles. The minimum atomic E-state index is -0.254. The molecule has 0 unspecified atom stereocenters. The summed E-state index contributed by atoms with van der Waals surface area (Å²) in [6, 6.07) is 6.79. The topological polar surface area (TPSA) is 41.3 Å². The number of oxazole rings is 1. The zero-order chi connectivity index (χ0) is 14.7. The van der Waals surface area contributed by atoms with Gasteiger partial charge in [-0.05, 0) is 57.2 Å². The van der Waals surface area contributed by atoms with Crippen LogP contribution in [0, 0.1) is 5.82 Å². The summed E-state index contributed by atoms with van der Waals surface area (Å²) in [5.74, 6) is 0.292. The second-order valence-corrected chi connectivity index (χ2v) is 5.55. The van der Waals surface area contributed by atoms with Crippen molar-refractivity contribution in [2.75, 3.05) is 20.1 Å². The number of aromatic nitrogens is 1. The highest BCUT2D eigenvalue weighted by Crippen LogP contribution is 2.20. The van der Waals surface area contributed by atoms with E-state index < -0.39 is 0 Å². The average Bonchev–Trinajstić information content (AvgIpc) is 2.97. The number of nitrogens with zero attached hydrogens (tertiary/aromatic N) is 2. The normalized spacial score (nSPS) is 15.8. The summed E-state index contributed by atoms with van der Waals surface area (Å²) >= 11 is 0. The molecule has 0 atom stereocenters. The minimum Gasteiger partial charge on any atom is -0.444 e. The van der Waals surface area contributed by atoms with Crippen LogP contribution >= 0.6 is 12.4 Å². The van der Waals surface area contributed by atoms with Crippen molar-refractivity contribution in [1.29, 1.82) is 0 Å². The standard InChI is InChI=1S/C16H20FN3O.ClH/c1-20(15-6-8-18-9-7-15)10-14-11-21-16(19-14)12-2-4-13(17)5-3-12;/h2-5,11,15,18H,6-10H2,1H3;1H. The van der Waals surface area contributed by atoms with E-state index in [2.05, 4.69) is 22.2 Å². The third-order valence-corrected chi connectivity index (χ3v) is 3.99. The molecule has 0 bridgehead atoms. The van der Waals surface area contributed by atoms with Gasteiger partial charge in [-0.25, -0.2) is 9.37 Å². The highest BCUT2D eigenvalue weighted by molar-refractivity contribution is 5.85. The molecule has 22 heavy (non-hydrogen) atoms. The van der Waals surface area contributed by atoms with Crippen LogP contribution < -0.4 is 5.32 Å². The number of nitrogens with one attached hydrogen (secondary N) is 1. The number of hydrogen-bond acceptors (Lipinski definition) is 4. The summed E-state index contributed by atoms with van der Waals surface area (Å²) in [7, 11) is 2.13. The molecule has 3 rings (SSSR count). The minimum absolute atomic E-state index is 0. The van der Waals surface area contributed by atoms with Gasteiger partial charge >= 0.3 is 0 Å². The maximum Gasteiger partial charge on any atom is 0.226 e. The largest absolute Gasteiger partial charge is 0.444 e. The summed E-state index contributed by atoms with van der Waals surface area (Å²) in [6.07, 6.45) is 4.02. The summed E-state index contributed by atoms with van der Waals surface area (Å²) in [5.41, 5.74) is 1.71. The van der Waals surface area contributed by atoms with Gasteiger partial charge in [-0.3, -0.25) is 4.90 Å². The van der Waals surface area contributed by atoms with Gasteiger partial charge in [0.15, 0.2) is 0 Å². The van der Waals surface area contributed by atoms with Crippen LogP contribution in [0.4, 0.5) is 4.39 Å². The second kappa shape index (κ2) is 7.72. The fourth-order valence-corrected chi connectivity index (χ4v) is 2.74. The van der Waals surface area contributed by atoms with E-state index in [0.29, 0.717) is 11.9 Å². The Morgan fingerprint density at radius 1 is 1.27 bits per heavy atom. The smallest absolute Gasteiger partial charge is 0.226 e. The van der Waals surface area contributed by atoms with Crippen LogP contribution in [0.15, 0.2) is 34.9 Å². The molecule has 0 radical (unpaired) electrons. The van der Waals surface area contributed by atoms with Crippen LogP contribution in [0.2, 0.25) is 0 Å². The molecule has 0 aliphatic carbocycles. The number of benzene rings is 1. The lowest BCUT2D eigenvalue weighted by Crippen LogP contribution is -2.40. The van der Waals surface area contributed by atoms with Crippen molar-refractivity contribution in [1.82, 2.24) is 15.2 Å². The van der Waals surface area contributed by atoms with E-state index in [4.69, 9.17) is 4.42 Å². The lowest BCUT2D eigenvalue weighted by Gasteiger charge is -2.30. The Balaban J connectivity index is 0.00000176. The molecule has 2 heterocycles. The van der Waals surface area contributed by atoms with Crippen LogP contribution in [-0.4, -0.2) is 36.1 Å². The van der Waals surface area contributed by atoms with E-state index in [1.165, 1.54) is 25.0 Å². The van der Waals surface area contributed by atoms with Gasteiger partial charge < -0.3 is 9.73 Å². The number of piperidine rings is 1. The Kier molecular flexibility index (Phi) is 5.94. The number of rotatable bonds is 4. The van der Waals surface area contributed by atoms with Gasteiger partial charge in [-0.15, -0.1) is 12.4 Å². The van der Waals surface area contributed by atoms with Gasteiger partial charge in [-0.1, -0.05) is 0 Å². The van der Waals surface area contributed by atoms with Crippen LogP contribution in [0.5, 0.6) is 0 Å². The van der Waals surface area contributed by atoms with Gasteiger partial charge in [0.2, 0.25) is 5.89 Å². The molecule has 1 aliphatic rings. The van der Waals surface area contributed by atoms with E-state index in [9.17, 15) is 4.39 Å². The molecule has 0 spiro atoms. The third-order valence-electron chi connectivity index (χ3n) is 3.99. The molecule has 1 N–H and O–H groups in total. The first-order chi connectivity index (χ1) is 10.2.